The Morgan fingerprint density at radius 2 is 1.77 bits per heavy atom. The topological polar surface area (TPSA) is 69.2 Å². The summed E-state index contributed by atoms with van der Waals surface area (Å²) in [4.78, 5) is 10.8. The molecule has 1 fully saturated rings. The van der Waals surface area contributed by atoms with E-state index < -0.39 is 10.1 Å². The monoisotopic (exact) mass is 642 g/mol. The van der Waals surface area contributed by atoms with Crippen LogP contribution in [-0.2, 0) is 10.1 Å². The van der Waals surface area contributed by atoms with Crippen LogP contribution in [0.2, 0.25) is 0 Å². The average molecular weight is 643 g/mol. The van der Waals surface area contributed by atoms with Gasteiger partial charge in [0, 0.05) is 21.2 Å². The third kappa shape index (κ3) is 5.26. The van der Waals surface area contributed by atoms with E-state index in [0.717, 1.165) is 53.0 Å². The predicted octanol–water partition coefficient (Wildman–Crippen LogP) is 10.0. The van der Waals surface area contributed by atoms with Gasteiger partial charge < -0.3 is 4.18 Å². The first-order chi connectivity index (χ1) is 20.8. The molecule has 1 aliphatic rings. The van der Waals surface area contributed by atoms with Crippen molar-refractivity contribution in [3.63, 3.8) is 0 Å². The first-order valence-electron chi connectivity index (χ1n) is 14.3. The van der Waals surface area contributed by atoms with Crippen LogP contribution < -0.4 is 4.18 Å². The summed E-state index contributed by atoms with van der Waals surface area (Å²) >= 11 is 4.44. The molecule has 3 aromatic carbocycles. The van der Waals surface area contributed by atoms with Crippen LogP contribution in [0, 0.1) is 13.8 Å². The molecule has 5 nitrogen and oxygen atoms in total. The molecule has 0 spiro atoms. The van der Waals surface area contributed by atoms with Crippen molar-refractivity contribution in [3.8, 4) is 27.4 Å². The Morgan fingerprint density at radius 3 is 2.58 bits per heavy atom. The van der Waals surface area contributed by atoms with Gasteiger partial charge in [0.1, 0.15) is 5.75 Å². The molecule has 0 bridgehead atoms. The highest BCUT2D eigenvalue weighted by Crippen LogP contribution is 2.46. The highest BCUT2D eigenvalue weighted by molar-refractivity contribution is 7.98. The first kappa shape index (κ1) is 28.5. The molecule has 3 heterocycles. The summed E-state index contributed by atoms with van der Waals surface area (Å²) in [5, 5.41) is 4.33. The van der Waals surface area contributed by atoms with Crippen molar-refractivity contribution in [2.45, 2.75) is 54.8 Å². The minimum atomic E-state index is -4.05. The number of thioether (sulfide) groups is 1. The SMILES string of the molecule is CSc1nccc(-c2ccc(S(=O)(=O)Oc3ccc(-c4c5ccccc5cc5sc(C)c(C)c45)cc3C3CCCC3)s2)n1. The van der Waals surface area contributed by atoms with Crippen molar-refractivity contribution < 1.29 is 12.6 Å². The average Bonchev–Trinajstić information content (AvgIpc) is 3.78. The van der Waals surface area contributed by atoms with Crippen LogP contribution in [0.25, 0.3) is 42.6 Å². The third-order valence-electron chi connectivity index (χ3n) is 8.37. The lowest BCUT2D eigenvalue weighted by Crippen LogP contribution is -2.10. The van der Waals surface area contributed by atoms with Crippen LogP contribution >= 0.6 is 34.4 Å². The molecule has 0 N–H and O–H groups in total. The van der Waals surface area contributed by atoms with E-state index in [1.54, 1.807) is 24.4 Å². The van der Waals surface area contributed by atoms with Gasteiger partial charge in [-0.15, -0.1) is 22.7 Å². The van der Waals surface area contributed by atoms with Gasteiger partial charge in [0.25, 0.3) is 0 Å². The summed E-state index contributed by atoms with van der Waals surface area (Å²) in [6.07, 6.45) is 7.92. The van der Waals surface area contributed by atoms with Gasteiger partial charge in [-0.1, -0.05) is 54.9 Å². The molecule has 0 atom stereocenters. The molecule has 3 aromatic heterocycles. The van der Waals surface area contributed by atoms with Gasteiger partial charge in [-0.2, -0.15) is 8.42 Å². The smallest absolute Gasteiger partial charge is 0.348 e. The summed E-state index contributed by atoms with van der Waals surface area (Å²) in [7, 11) is -4.05. The summed E-state index contributed by atoms with van der Waals surface area (Å²) in [6.45, 7) is 4.38. The van der Waals surface area contributed by atoms with Gasteiger partial charge in [-0.25, -0.2) is 9.97 Å². The molecule has 0 aliphatic heterocycles. The number of thiophene rings is 2. The number of hydrogen-bond donors (Lipinski definition) is 0. The molecule has 1 saturated carbocycles. The fourth-order valence-corrected chi connectivity index (χ4v) is 9.83. The van der Waals surface area contributed by atoms with Crippen molar-refractivity contribution in [1.29, 1.82) is 0 Å². The number of aromatic nitrogens is 2. The maximum atomic E-state index is 13.6. The van der Waals surface area contributed by atoms with E-state index in [4.69, 9.17) is 4.18 Å². The van der Waals surface area contributed by atoms with E-state index >= 15 is 0 Å². The fraction of sp³-hybridized carbons (Fsp3) is 0.235. The fourth-order valence-electron chi connectivity index (χ4n) is 6.16. The lowest BCUT2D eigenvalue weighted by molar-refractivity contribution is 0.481. The van der Waals surface area contributed by atoms with Crippen molar-refractivity contribution in [1.82, 2.24) is 9.97 Å². The van der Waals surface area contributed by atoms with Crippen molar-refractivity contribution in [2.24, 2.45) is 0 Å². The van der Waals surface area contributed by atoms with Crippen molar-refractivity contribution in [3.05, 3.63) is 88.9 Å². The van der Waals surface area contributed by atoms with Gasteiger partial charge in [0.2, 0.25) is 0 Å². The quantitative estimate of drug-likeness (QED) is 0.0981. The summed E-state index contributed by atoms with van der Waals surface area (Å²) in [6, 6.07) is 22.1. The molecule has 0 unspecified atom stereocenters. The molecule has 9 heteroatoms. The van der Waals surface area contributed by atoms with Crippen molar-refractivity contribution in [2.75, 3.05) is 6.26 Å². The standard InChI is InChI=1S/C34H30N2O3S4/c1-20-21(2)41-30-19-23-10-6-7-11-25(23)33(32(20)30)24-12-13-28(26(18-24)22-8-4-5-9-22)39-43(37,38)31-15-14-29(42-31)27-16-17-35-34(36-27)40-3/h6-7,10-19,22H,4-5,8-9H2,1-3H3. The van der Waals surface area contributed by atoms with E-state index in [0.29, 0.717) is 16.6 Å². The van der Waals surface area contributed by atoms with Gasteiger partial charge in [0.15, 0.2) is 9.37 Å². The van der Waals surface area contributed by atoms with E-state index in [1.165, 1.54) is 48.6 Å². The molecule has 43 heavy (non-hydrogen) atoms. The maximum absolute atomic E-state index is 13.6. The number of hydrogen-bond acceptors (Lipinski definition) is 8. The second kappa shape index (κ2) is 11.4. The van der Waals surface area contributed by atoms with E-state index in [9.17, 15) is 8.42 Å². The summed E-state index contributed by atoms with van der Waals surface area (Å²) in [5.74, 6) is 0.679. The Kier molecular flexibility index (Phi) is 7.53. The maximum Gasteiger partial charge on any atom is 0.348 e. The summed E-state index contributed by atoms with van der Waals surface area (Å²) < 4.78 is 34.7. The Morgan fingerprint density at radius 1 is 0.953 bits per heavy atom. The largest absolute Gasteiger partial charge is 0.378 e. The minimum Gasteiger partial charge on any atom is -0.378 e. The van der Waals surface area contributed by atoms with Crippen LogP contribution in [0.3, 0.4) is 0 Å². The number of aryl methyl sites for hydroxylation is 2. The first-order valence-corrected chi connectivity index (χ1v) is 18.6. The Hall–Kier alpha value is -3.24. The molecular formula is C34H30N2O3S4. The Labute approximate surface area is 264 Å². The third-order valence-corrected chi connectivity index (χ3v) is 12.9. The zero-order chi connectivity index (χ0) is 29.7. The molecule has 218 valence electrons. The Balaban J connectivity index is 1.32. The van der Waals surface area contributed by atoms with E-state index in [2.05, 4.69) is 60.2 Å². The van der Waals surface area contributed by atoms with Gasteiger partial charge >= 0.3 is 10.1 Å². The predicted molar refractivity (Wildman–Crippen MR) is 180 cm³/mol. The van der Waals surface area contributed by atoms with Crippen LogP contribution in [-0.4, -0.2) is 24.6 Å². The van der Waals surface area contributed by atoms with Crippen LogP contribution in [0.5, 0.6) is 5.75 Å². The lowest BCUT2D eigenvalue weighted by Gasteiger charge is -2.18. The van der Waals surface area contributed by atoms with Crippen molar-refractivity contribution >= 4 is 65.4 Å². The summed E-state index contributed by atoms with van der Waals surface area (Å²) in [5.41, 5.74) is 5.28. The number of rotatable bonds is 7. The Bertz CT molecular complexity index is 2110. The molecule has 6 aromatic rings. The van der Waals surface area contributed by atoms with Crippen LogP contribution in [0.4, 0.5) is 0 Å². The zero-order valence-electron chi connectivity index (χ0n) is 24.1. The number of benzene rings is 3. The van der Waals surface area contributed by atoms with E-state index in [1.807, 2.05) is 29.7 Å². The number of nitrogens with zero attached hydrogens (tertiary/aromatic N) is 2. The molecule has 0 radical (unpaired) electrons. The normalized spacial score (nSPS) is 14.2. The van der Waals surface area contributed by atoms with Gasteiger partial charge in [-0.05, 0) is 108 Å². The van der Waals surface area contributed by atoms with Crippen LogP contribution in [0.1, 0.15) is 47.6 Å². The minimum absolute atomic E-state index is 0.161. The highest BCUT2D eigenvalue weighted by atomic mass is 32.3. The highest BCUT2D eigenvalue weighted by Gasteiger charge is 2.27. The molecular weight excluding hydrogens is 613 g/mol. The second-order valence-electron chi connectivity index (χ2n) is 10.9. The lowest BCUT2D eigenvalue weighted by atomic mass is 9.89. The number of fused-ring (bicyclic) bond motifs is 2. The zero-order valence-corrected chi connectivity index (χ0v) is 27.4. The molecule has 7 rings (SSSR count). The second-order valence-corrected chi connectivity index (χ2v) is 15.8. The van der Waals surface area contributed by atoms with Gasteiger partial charge in [0.05, 0.1) is 10.6 Å². The molecule has 1 aliphatic carbocycles. The van der Waals surface area contributed by atoms with E-state index in [-0.39, 0.29) is 10.1 Å². The molecule has 0 saturated heterocycles. The molecule has 0 amide bonds. The van der Waals surface area contributed by atoms with Gasteiger partial charge in [-0.3, -0.25) is 0 Å². The van der Waals surface area contributed by atoms with Crippen LogP contribution in [0.15, 0.2) is 82.3 Å².